The molecule has 1 unspecified atom stereocenters. The van der Waals surface area contributed by atoms with Gasteiger partial charge in [-0.15, -0.1) is 0 Å². The van der Waals surface area contributed by atoms with Crippen molar-refractivity contribution in [2.24, 2.45) is 5.92 Å². The van der Waals surface area contributed by atoms with Gasteiger partial charge in [0, 0.05) is 0 Å². The Morgan fingerprint density at radius 3 is 2.81 bits per heavy atom. The molecule has 1 N–H and O–H groups in total. The lowest BCUT2D eigenvalue weighted by Gasteiger charge is -2.12. The molecule has 1 heterocycles. The van der Waals surface area contributed by atoms with Crippen molar-refractivity contribution in [1.82, 2.24) is 5.32 Å². The molecule has 0 aliphatic carbocycles. The molecule has 1 aromatic rings. The standard InChI is InChI=1S/C14H20FN/c1-10(2)13-6-12(7-14(15)8-13)5-11-3-4-16-9-11/h6-8,10-11,16H,3-5,9H2,1-2H3. The fourth-order valence-electron chi connectivity index (χ4n) is 2.35. The Hall–Kier alpha value is -0.890. The number of benzene rings is 1. The van der Waals surface area contributed by atoms with Crippen LogP contribution in [0.3, 0.4) is 0 Å². The molecule has 2 rings (SSSR count). The minimum Gasteiger partial charge on any atom is -0.316 e. The Morgan fingerprint density at radius 1 is 1.38 bits per heavy atom. The fraction of sp³-hybridized carbons (Fsp3) is 0.571. The molecule has 1 saturated heterocycles. The highest BCUT2D eigenvalue weighted by molar-refractivity contribution is 5.27. The third-order valence-corrected chi connectivity index (χ3v) is 3.33. The highest BCUT2D eigenvalue weighted by Crippen LogP contribution is 2.21. The number of rotatable bonds is 3. The van der Waals surface area contributed by atoms with Gasteiger partial charge in [0.15, 0.2) is 0 Å². The maximum atomic E-state index is 13.4. The average Bonchev–Trinajstić information content (AvgIpc) is 2.69. The van der Waals surface area contributed by atoms with E-state index in [4.69, 9.17) is 0 Å². The fourth-order valence-corrected chi connectivity index (χ4v) is 2.35. The molecule has 0 saturated carbocycles. The van der Waals surface area contributed by atoms with Crippen LogP contribution in [-0.2, 0) is 6.42 Å². The number of hydrogen-bond acceptors (Lipinski definition) is 1. The van der Waals surface area contributed by atoms with Crippen LogP contribution in [0.2, 0.25) is 0 Å². The van der Waals surface area contributed by atoms with Gasteiger partial charge in [-0.3, -0.25) is 0 Å². The van der Waals surface area contributed by atoms with E-state index >= 15 is 0 Å². The van der Waals surface area contributed by atoms with Crippen LogP contribution in [0.5, 0.6) is 0 Å². The van der Waals surface area contributed by atoms with Crippen molar-refractivity contribution in [3.05, 3.63) is 35.1 Å². The van der Waals surface area contributed by atoms with Crippen molar-refractivity contribution in [2.75, 3.05) is 13.1 Å². The van der Waals surface area contributed by atoms with Crippen LogP contribution in [-0.4, -0.2) is 13.1 Å². The first-order valence-corrected chi connectivity index (χ1v) is 6.15. The number of nitrogens with one attached hydrogen (secondary N) is 1. The lowest BCUT2D eigenvalue weighted by molar-refractivity contribution is 0.571. The summed E-state index contributed by atoms with van der Waals surface area (Å²) in [6.45, 7) is 6.40. The van der Waals surface area contributed by atoms with Crippen LogP contribution in [0.25, 0.3) is 0 Å². The molecule has 1 fully saturated rings. The molecule has 1 aliphatic heterocycles. The molecular weight excluding hydrogens is 201 g/mol. The van der Waals surface area contributed by atoms with Crippen LogP contribution >= 0.6 is 0 Å². The lowest BCUT2D eigenvalue weighted by Crippen LogP contribution is -2.11. The molecule has 0 spiro atoms. The maximum Gasteiger partial charge on any atom is 0.123 e. The lowest BCUT2D eigenvalue weighted by atomic mass is 9.94. The molecule has 1 atom stereocenters. The summed E-state index contributed by atoms with van der Waals surface area (Å²) in [6, 6.07) is 5.50. The van der Waals surface area contributed by atoms with Crippen molar-refractivity contribution in [3.63, 3.8) is 0 Å². The van der Waals surface area contributed by atoms with Crippen LogP contribution in [0.1, 0.15) is 37.3 Å². The summed E-state index contributed by atoms with van der Waals surface area (Å²) in [6.07, 6.45) is 2.22. The SMILES string of the molecule is CC(C)c1cc(F)cc(CC2CCNC2)c1. The van der Waals surface area contributed by atoms with E-state index in [1.807, 2.05) is 0 Å². The average molecular weight is 221 g/mol. The second-order valence-corrected chi connectivity index (χ2v) is 5.11. The van der Waals surface area contributed by atoms with E-state index in [1.54, 1.807) is 12.1 Å². The van der Waals surface area contributed by atoms with Crippen LogP contribution in [0.4, 0.5) is 4.39 Å². The predicted molar refractivity (Wildman–Crippen MR) is 65.2 cm³/mol. The normalized spacial score (nSPS) is 20.6. The van der Waals surface area contributed by atoms with E-state index in [0.717, 1.165) is 30.6 Å². The van der Waals surface area contributed by atoms with Crippen LogP contribution in [0.15, 0.2) is 18.2 Å². The van der Waals surface area contributed by atoms with Gasteiger partial charge in [-0.2, -0.15) is 0 Å². The van der Waals surface area contributed by atoms with E-state index in [1.165, 1.54) is 6.42 Å². The minimum atomic E-state index is -0.0906. The molecule has 1 aromatic carbocycles. The zero-order chi connectivity index (χ0) is 11.5. The van der Waals surface area contributed by atoms with E-state index in [2.05, 4.69) is 25.2 Å². The first-order chi connectivity index (χ1) is 7.65. The second-order valence-electron chi connectivity index (χ2n) is 5.11. The van der Waals surface area contributed by atoms with Crippen molar-refractivity contribution in [1.29, 1.82) is 0 Å². The smallest absolute Gasteiger partial charge is 0.123 e. The van der Waals surface area contributed by atoms with E-state index in [0.29, 0.717) is 11.8 Å². The zero-order valence-corrected chi connectivity index (χ0v) is 10.1. The van der Waals surface area contributed by atoms with E-state index in [9.17, 15) is 4.39 Å². The summed E-state index contributed by atoms with van der Waals surface area (Å²) in [5, 5.41) is 3.35. The topological polar surface area (TPSA) is 12.0 Å². The quantitative estimate of drug-likeness (QED) is 0.827. The van der Waals surface area contributed by atoms with Crippen LogP contribution in [0, 0.1) is 11.7 Å². The van der Waals surface area contributed by atoms with Crippen molar-refractivity contribution in [2.45, 2.75) is 32.6 Å². The third kappa shape index (κ3) is 2.82. The molecule has 0 aromatic heterocycles. The highest BCUT2D eigenvalue weighted by atomic mass is 19.1. The minimum absolute atomic E-state index is 0.0906. The first-order valence-electron chi connectivity index (χ1n) is 6.15. The van der Waals surface area contributed by atoms with Crippen molar-refractivity contribution < 1.29 is 4.39 Å². The van der Waals surface area contributed by atoms with Crippen molar-refractivity contribution in [3.8, 4) is 0 Å². The largest absolute Gasteiger partial charge is 0.316 e. The Kier molecular flexibility index (Phi) is 3.59. The summed E-state index contributed by atoms with van der Waals surface area (Å²) >= 11 is 0. The Balaban J connectivity index is 2.13. The van der Waals surface area contributed by atoms with E-state index < -0.39 is 0 Å². The molecule has 16 heavy (non-hydrogen) atoms. The van der Waals surface area contributed by atoms with Gasteiger partial charge in [-0.25, -0.2) is 4.39 Å². The van der Waals surface area contributed by atoms with E-state index in [-0.39, 0.29) is 5.82 Å². The first kappa shape index (κ1) is 11.6. The summed E-state index contributed by atoms with van der Waals surface area (Å²) < 4.78 is 13.4. The predicted octanol–water partition coefficient (Wildman–Crippen LogP) is 3.10. The summed E-state index contributed by atoms with van der Waals surface area (Å²) in [5.41, 5.74) is 2.26. The summed E-state index contributed by atoms with van der Waals surface area (Å²) in [7, 11) is 0. The summed E-state index contributed by atoms with van der Waals surface area (Å²) in [4.78, 5) is 0. The molecular formula is C14H20FN. The zero-order valence-electron chi connectivity index (χ0n) is 10.1. The molecule has 1 aliphatic rings. The molecule has 0 radical (unpaired) electrons. The molecule has 2 heteroatoms. The highest BCUT2D eigenvalue weighted by Gasteiger charge is 2.15. The molecule has 88 valence electrons. The Bertz CT molecular complexity index is 354. The van der Waals surface area contributed by atoms with Gasteiger partial charge < -0.3 is 5.32 Å². The molecule has 0 bridgehead atoms. The number of hydrogen-bond donors (Lipinski definition) is 1. The van der Waals surface area contributed by atoms with Crippen molar-refractivity contribution >= 4 is 0 Å². The molecule has 0 amide bonds. The maximum absolute atomic E-state index is 13.4. The Morgan fingerprint density at radius 2 is 2.19 bits per heavy atom. The summed E-state index contributed by atoms with van der Waals surface area (Å²) in [5.74, 6) is 0.991. The monoisotopic (exact) mass is 221 g/mol. The Labute approximate surface area is 97.1 Å². The van der Waals surface area contributed by atoms with Gasteiger partial charge in [0.05, 0.1) is 0 Å². The third-order valence-electron chi connectivity index (χ3n) is 3.33. The van der Waals surface area contributed by atoms with Gasteiger partial charge in [-0.1, -0.05) is 19.9 Å². The van der Waals surface area contributed by atoms with Gasteiger partial charge in [0.25, 0.3) is 0 Å². The van der Waals surface area contributed by atoms with Gasteiger partial charge in [-0.05, 0) is 61.0 Å². The molecule has 1 nitrogen and oxygen atoms in total. The van der Waals surface area contributed by atoms with Crippen LogP contribution < -0.4 is 5.32 Å². The van der Waals surface area contributed by atoms with Gasteiger partial charge in [0.1, 0.15) is 5.82 Å². The second kappa shape index (κ2) is 4.96. The number of halogens is 1. The van der Waals surface area contributed by atoms with Gasteiger partial charge in [0.2, 0.25) is 0 Å². The van der Waals surface area contributed by atoms with Gasteiger partial charge >= 0.3 is 0 Å².